The van der Waals surface area contributed by atoms with Crippen molar-refractivity contribution in [3.63, 3.8) is 0 Å². The number of hydrogen-bond acceptors (Lipinski definition) is 4. The van der Waals surface area contributed by atoms with Gasteiger partial charge >= 0.3 is 0 Å². The molecule has 1 fully saturated rings. The number of carbonyl (C=O) groups is 2. The van der Waals surface area contributed by atoms with Gasteiger partial charge in [-0.15, -0.1) is 0 Å². The highest BCUT2D eigenvalue weighted by Crippen LogP contribution is 2.36. The molecule has 0 spiro atoms. The molecule has 1 aliphatic rings. The van der Waals surface area contributed by atoms with Gasteiger partial charge in [0.1, 0.15) is 5.75 Å². The maximum atomic E-state index is 13.1. The highest BCUT2D eigenvalue weighted by molar-refractivity contribution is 5.83. The molecule has 2 aromatic rings. The second kappa shape index (κ2) is 10.3. The van der Waals surface area contributed by atoms with E-state index in [0.717, 1.165) is 22.4 Å². The lowest BCUT2D eigenvalue weighted by Gasteiger charge is -2.36. The summed E-state index contributed by atoms with van der Waals surface area (Å²) in [5.41, 5.74) is 2.80. The van der Waals surface area contributed by atoms with E-state index in [0.29, 0.717) is 45.6 Å². The zero-order valence-corrected chi connectivity index (χ0v) is 17.7. The van der Waals surface area contributed by atoms with Gasteiger partial charge in [-0.25, -0.2) is 0 Å². The molecule has 1 saturated heterocycles. The van der Waals surface area contributed by atoms with E-state index in [1.807, 2.05) is 24.3 Å². The molecule has 2 aromatic carbocycles. The average molecular weight is 411 g/mol. The lowest BCUT2D eigenvalue weighted by atomic mass is 9.74. The van der Waals surface area contributed by atoms with Crippen molar-refractivity contribution >= 4 is 11.8 Å². The van der Waals surface area contributed by atoms with E-state index >= 15 is 0 Å². The van der Waals surface area contributed by atoms with E-state index in [-0.39, 0.29) is 11.8 Å². The van der Waals surface area contributed by atoms with Crippen molar-refractivity contribution in [3.8, 4) is 16.9 Å². The molecule has 2 amide bonds. The van der Waals surface area contributed by atoms with Gasteiger partial charge in [0.05, 0.1) is 12.5 Å². The third kappa shape index (κ3) is 5.60. The first kappa shape index (κ1) is 21.8. The van der Waals surface area contributed by atoms with Crippen molar-refractivity contribution in [3.05, 3.63) is 54.1 Å². The van der Waals surface area contributed by atoms with Gasteiger partial charge in [-0.05, 0) is 48.1 Å². The van der Waals surface area contributed by atoms with Gasteiger partial charge in [0.25, 0.3) is 0 Å². The monoisotopic (exact) mass is 410 g/mol. The molecular weight excluding hydrogens is 380 g/mol. The Morgan fingerprint density at radius 2 is 1.67 bits per heavy atom. The third-order valence-electron chi connectivity index (χ3n) is 5.59. The molecule has 0 radical (unpaired) electrons. The van der Waals surface area contributed by atoms with Crippen LogP contribution in [0.2, 0.25) is 0 Å². The van der Waals surface area contributed by atoms with Crippen LogP contribution in [-0.2, 0) is 20.7 Å². The minimum atomic E-state index is -0.499. The van der Waals surface area contributed by atoms with Crippen LogP contribution in [0.15, 0.2) is 48.5 Å². The highest BCUT2D eigenvalue weighted by Gasteiger charge is 2.39. The van der Waals surface area contributed by atoms with Crippen LogP contribution in [0.5, 0.6) is 5.75 Å². The van der Waals surface area contributed by atoms with Gasteiger partial charge in [0.15, 0.2) is 0 Å². The zero-order valence-electron chi connectivity index (χ0n) is 17.7. The number of hydrogen-bond donors (Lipinski definition) is 2. The Balaban J connectivity index is 1.76. The normalized spacial score (nSPS) is 15.3. The average Bonchev–Trinajstić information content (AvgIpc) is 2.77. The van der Waals surface area contributed by atoms with Crippen LogP contribution in [0.25, 0.3) is 11.1 Å². The molecule has 0 saturated carbocycles. The molecule has 1 heterocycles. The standard InChI is InChI=1S/C24H30N2O4/c1-18(27)25-11-12-26-23(28)24(9-13-30-14-10-24)17-19-5-3-6-20(15-19)21-7-4-8-22(16-21)29-2/h3-8,15-16H,9-14,17H2,1-2H3,(H,25,27)(H,26,28). The molecule has 0 aliphatic carbocycles. The number of ether oxygens (including phenoxy) is 2. The lowest BCUT2D eigenvalue weighted by Crippen LogP contribution is -2.47. The molecule has 2 N–H and O–H groups in total. The summed E-state index contributed by atoms with van der Waals surface area (Å²) >= 11 is 0. The smallest absolute Gasteiger partial charge is 0.226 e. The zero-order chi connectivity index (χ0) is 21.4. The maximum absolute atomic E-state index is 13.1. The van der Waals surface area contributed by atoms with E-state index in [1.54, 1.807) is 7.11 Å². The van der Waals surface area contributed by atoms with Gasteiger partial charge in [-0.2, -0.15) is 0 Å². The predicted octanol–water partition coefficient (Wildman–Crippen LogP) is 2.95. The summed E-state index contributed by atoms with van der Waals surface area (Å²) < 4.78 is 10.9. The summed E-state index contributed by atoms with van der Waals surface area (Å²) in [6, 6.07) is 16.3. The van der Waals surface area contributed by atoms with Crippen molar-refractivity contribution in [1.82, 2.24) is 10.6 Å². The SMILES string of the molecule is COc1cccc(-c2cccc(CC3(C(=O)NCCNC(C)=O)CCOCC3)c2)c1. The topological polar surface area (TPSA) is 76.7 Å². The van der Waals surface area contributed by atoms with Crippen molar-refractivity contribution in [1.29, 1.82) is 0 Å². The second-order valence-electron chi connectivity index (χ2n) is 7.74. The Bertz CT molecular complexity index is 875. The summed E-state index contributed by atoms with van der Waals surface area (Å²) in [4.78, 5) is 24.1. The van der Waals surface area contributed by atoms with Gasteiger partial charge < -0.3 is 20.1 Å². The van der Waals surface area contributed by atoms with Crippen LogP contribution >= 0.6 is 0 Å². The second-order valence-corrected chi connectivity index (χ2v) is 7.74. The highest BCUT2D eigenvalue weighted by atomic mass is 16.5. The fraction of sp³-hybridized carbons (Fsp3) is 0.417. The van der Waals surface area contributed by atoms with E-state index in [4.69, 9.17) is 9.47 Å². The van der Waals surface area contributed by atoms with E-state index in [2.05, 4.69) is 34.9 Å². The van der Waals surface area contributed by atoms with E-state index in [9.17, 15) is 9.59 Å². The van der Waals surface area contributed by atoms with Crippen molar-refractivity contribution in [2.75, 3.05) is 33.4 Å². The van der Waals surface area contributed by atoms with E-state index < -0.39 is 5.41 Å². The summed E-state index contributed by atoms with van der Waals surface area (Å²) in [6.07, 6.45) is 2.02. The number of nitrogens with one attached hydrogen (secondary N) is 2. The molecule has 6 heteroatoms. The molecule has 0 unspecified atom stereocenters. The van der Waals surface area contributed by atoms with Crippen LogP contribution in [0.1, 0.15) is 25.3 Å². The first-order chi connectivity index (χ1) is 14.5. The van der Waals surface area contributed by atoms with Crippen LogP contribution in [0, 0.1) is 5.41 Å². The Morgan fingerprint density at radius 1 is 1.00 bits per heavy atom. The lowest BCUT2D eigenvalue weighted by molar-refractivity contribution is -0.136. The summed E-state index contributed by atoms with van der Waals surface area (Å²) in [5, 5.41) is 5.72. The molecule has 160 valence electrons. The molecule has 0 atom stereocenters. The first-order valence-electron chi connectivity index (χ1n) is 10.4. The fourth-order valence-electron chi connectivity index (χ4n) is 3.90. The number of amides is 2. The minimum absolute atomic E-state index is 0.0305. The number of rotatable bonds is 8. The van der Waals surface area contributed by atoms with Crippen molar-refractivity contribution in [2.45, 2.75) is 26.2 Å². The molecule has 3 rings (SSSR count). The number of methoxy groups -OCH3 is 1. The number of benzene rings is 2. The minimum Gasteiger partial charge on any atom is -0.497 e. The first-order valence-corrected chi connectivity index (χ1v) is 10.4. The van der Waals surface area contributed by atoms with Crippen LogP contribution < -0.4 is 15.4 Å². The molecule has 30 heavy (non-hydrogen) atoms. The predicted molar refractivity (Wildman–Crippen MR) is 116 cm³/mol. The van der Waals surface area contributed by atoms with Gasteiger partial charge in [-0.3, -0.25) is 9.59 Å². The van der Waals surface area contributed by atoms with E-state index in [1.165, 1.54) is 6.92 Å². The van der Waals surface area contributed by atoms with Gasteiger partial charge in [-0.1, -0.05) is 36.4 Å². The molecule has 0 bridgehead atoms. The Kier molecular flexibility index (Phi) is 7.46. The third-order valence-corrected chi connectivity index (χ3v) is 5.59. The molecule has 6 nitrogen and oxygen atoms in total. The summed E-state index contributed by atoms with van der Waals surface area (Å²) in [7, 11) is 1.66. The molecule has 0 aromatic heterocycles. The fourth-order valence-corrected chi connectivity index (χ4v) is 3.90. The Labute approximate surface area is 178 Å². The quantitative estimate of drug-likeness (QED) is 0.656. The Hall–Kier alpha value is -2.86. The van der Waals surface area contributed by atoms with Gasteiger partial charge in [0.2, 0.25) is 11.8 Å². The molecule has 1 aliphatic heterocycles. The van der Waals surface area contributed by atoms with Crippen molar-refractivity contribution < 1.29 is 19.1 Å². The van der Waals surface area contributed by atoms with Crippen LogP contribution in [-0.4, -0.2) is 45.2 Å². The van der Waals surface area contributed by atoms with Crippen LogP contribution in [0.3, 0.4) is 0 Å². The van der Waals surface area contributed by atoms with Gasteiger partial charge in [0, 0.05) is 33.2 Å². The Morgan fingerprint density at radius 3 is 2.37 bits per heavy atom. The largest absolute Gasteiger partial charge is 0.497 e. The summed E-state index contributed by atoms with van der Waals surface area (Å²) in [6.45, 7) is 3.48. The molecular formula is C24H30N2O4. The maximum Gasteiger partial charge on any atom is 0.226 e. The number of carbonyl (C=O) groups excluding carboxylic acids is 2. The van der Waals surface area contributed by atoms with Crippen molar-refractivity contribution in [2.24, 2.45) is 5.41 Å². The van der Waals surface area contributed by atoms with Crippen LogP contribution in [0.4, 0.5) is 0 Å². The summed E-state index contributed by atoms with van der Waals surface area (Å²) in [5.74, 6) is 0.750.